The Labute approximate surface area is 84.9 Å². The van der Waals surface area contributed by atoms with E-state index in [2.05, 4.69) is 21.1 Å². The van der Waals surface area contributed by atoms with E-state index >= 15 is 0 Å². The van der Waals surface area contributed by atoms with Crippen LogP contribution < -0.4 is 5.48 Å². The Morgan fingerprint density at radius 1 is 1.36 bits per heavy atom. The lowest BCUT2D eigenvalue weighted by Gasteiger charge is -2.23. The average molecular weight is 205 g/mol. The standard InChI is InChI=1S/C9H20N2O3/c1-11(2,3)7-5-4-6-8(10-14)9(12)13/h8,10,14H,4-7H2,1-3H3/p+1/t8-/m0/s1. The third-order valence-corrected chi connectivity index (χ3v) is 2.03. The van der Waals surface area contributed by atoms with Crippen LogP contribution >= 0.6 is 0 Å². The van der Waals surface area contributed by atoms with Gasteiger partial charge in [-0.1, -0.05) is 0 Å². The molecule has 0 unspecified atom stereocenters. The molecule has 3 N–H and O–H groups in total. The van der Waals surface area contributed by atoms with Crippen LogP contribution in [0.5, 0.6) is 0 Å². The van der Waals surface area contributed by atoms with Crippen molar-refractivity contribution >= 4 is 5.97 Å². The second-order valence-electron chi connectivity index (χ2n) is 4.53. The van der Waals surface area contributed by atoms with Gasteiger partial charge in [-0.15, -0.1) is 0 Å². The van der Waals surface area contributed by atoms with Crippen LogP contribution in [0.2, 0.25) is 0 Å². The molecule has 0 saturated carbocycles. The zero-order chi connectivity index (χ0) is 11.2. The monoisotopic (exact) mass is 205 g/mol. The number of quaternary nitrogens is 1. The molecule has 0 bridgehead atoms. The van der Waals surface area contributed by atoms with E-state index in [1.54, 1.807) is 5.48 Å². The van der Waals surface area contributed by atoms with Crippen LogP contribution in [-0.2, 0) is 4.79 Å². The predicted molar refractivity (Wildman–Crippen MR) is 53.1 cm³/mol. The van der Waals surface area contributed by atoms with Crippen molar-refractivity contribution in [2.45, 2.75) is 25.3 Å². The molecule has 0 aliphatic rings. The summed E-state index contributed by atoms with van der Waals surface area (Å²) < 4.78 is 0.879. The van der Waals surface area contributed by atoms with E-state index in [0.29, 0.717) is 6.42 Å². The molecule has 0 aromatic carbocycles. The molecule has 0 aliphatic heterocycles. The van der Waals surface area contributed by atoms with Gasteiger partial charge in [-0.05, 0) is 19.3 Å². The minimum Gasteiger partial charge on any atom is -0.480 e. The Morgan fingerprint density at radius 2 is 1.93 bits per heavy atom. The highest BCUT2D eigenvalue weighted by Gasteiger charge is 2.15. The second-order valence-corrected chi connectivity index (χ2v) is 4.53. The largest absolute Gasteiger partial charge is 0.480 e. The first-order valence-electron chi connectivity index (χ1n) is 4.79. The molecule has 5 nitrogen and oxygen atoms in total. The van der Waals surface area contributed by atoms with Gasteiger partial charge >= 0.3 is 5.97 Å². The Balaban J connectivity index is 3.58. The van der Waals surface area contributed by atoms with Crippen molar-refractivity contribution in [3.63, 3.8) is 0 Å². The molecule has 0 aromatic heterocycles. The Bertz CT molecular complexity index is 177. The van der Waals surface area contributed by atoms with E-state index in [1.807, 2.05) is 0 Å². The topological polar surface area (TPSA) is 69.6 Å². The van der Waals surface area contributed by atoms with E-state index < -0.39 is 12.0 Å². The fourth-order valence-electron chi connectivity index (χ4n) is 1.18. The van der Waals surface area contributed by atoms with Crippen molar-refractivity contribution in [1.29, 1.82) is 0 Å². The van der Waals surface area contributed by atoms with Crippen LogP contribution in [0.15, 0.2) is 0 Å². The number of carbonyl (C=O) groups is 1. The second kappa shape index (κ2) is 5.95. The number of hydrogen-bond donors (Lipinski definition) is 3. The van der Waals surface area contributed by atoms with E-state index in [1.165, 1.54) is 0 Å². The van der Waals surface area contributed by atoms with Gasteiger partial charge in [0.1, 0.15) is 6.04 Å². The molecule has 0 aromatic rings. The molecular formula is C9H21N2O3+. The third-order valence-electron chi connectivity index (χ3n) is 2.03. The summed E-state index contributed by atoms with van der Waals surface area (Å²) in [6.07, 6.45) is 2.24. The summed E-state index contributed by atoms with van der Waals surface area (Å²) in [5.41, 5.74) is 1.79. The van der Waals surface area contributed by atoms with E-state index in [4.69, 9.17) is 10.3 Å². The molecule has 1 atom stereocenters. The molecular weight excluding hydrogens is 184 g/mol. The van der Waals surface area contributed by atoms with Crippen LogP contribution in [0, 0.1) is 0 Å². The Morgan fingerprint density at radius 3 is 2.29 bits per heavy atom. The lowest BCUT2D eigenvalue weighted by Crippen LogP contribution is -2.36. The molecule has 0 amide bonds. The smallest absolute Gasteiger partial charge is 0.323 e. The summed E-state index contributed by atoms with van der Waals surface area (Å²) in [6, 6.07) is -0.831. The average Bonchev–Trinajstić information content (AvgIpc) is 2.01. The highest BCUT2D eigenvalue weighted by molar-refractivity contribution is 5.73. The van der Waals surface area contributed by atoms with Gasteiger partial charge in [-0.3, -0.25) is 4.79 Å². The number of rotatable bonds is 7. The van der Waals surface area contributed by atoms with Gasteiger partial charge in [0.15, 0.2) is 0 Å². The summed E-state index contributed by atoms with van der Waals surface area (Å²) in [5, 5.41) is 17.1. The quantitative estimate of drug-likeness (QED) is 0.317. The van der Waals surface area contributed by atoms with Gasteiger partial charge in [0.05, 0.1) is 27.7 Å². The highest BCUT2D eigenvalue weighted by atomic mass is 16.5. The predicted octanol–water partition coefficient (Wildman–Crippen LogP) is 0.295. The number of unbranched alkanes of at least 4 members (excludes halogenated alkanes) is 1. The van der Waals surface area contributed by atoms with Crippen molar-refractivity contribution in [3.05, 3.63) is 0 Å². The minimum absolute atomic E-state index is 0.464. The lowest BCUT2D eigenvalue weighted by atomic mass is 10.1. The Hall–Kier alpha value is -0.650. The number of hydrogen-bond acceptors (Lipinski definition) is 3. The third kappa shape index (κ3) is 6.82. The molecule has 84 valence electrons. The van der Waals surface area contributed by atoms with Crippen molar-refractivity contribution in [3.8, 4) is 0 Å². The van der Waals surface area contributed by atoms with Crippen molar-refractivity contribution in [2.24, 2.45) is 0 Å². The lowest BCUT2D eigenvalue weighted by molar-refractivity contribution is -0.870. The summed E-state index contributed by atoms with van der Waals surface area (Å²) in [5.74, 6) is -1.00. The Kier molecular flexibility index (Phi) is 5.68. The summed E-state index contributed by atoms with van der Waals surface area (Å²) in [7, 11) is 6.29. The fraction of sp³-hybridized carbons (Fsp3) is 0.889. The van der Waals surface area contributed by atoms with Gasteiger partial charge in [-0.25, -0.2) is 0 Å². The fourth-order valence-corrected chi connectivity index (χ4v) is 1.18. The molecule has 0 heterocycles. The van der Waals surface area contributed by atoms with E-state index in [0.717, 1.165) is 23.9 Å². The molecule has 0 spiro atoms. The van der Waals surface area contributed by atoms with E-state index in [-0.39, 0.29) is 0 Å². The number of nitrogens with one attached hydrogen (secondary N) is 1. The SMILES string of the molecule is C[N+](C)(C)CCCC[C@H](NO)C(=O)O. The molecule has 5 heteroatoms. The van der Waals surface area contributed by atoms with Crippen LogP contribution in [0.1, 0.15) is 19.3 Å². The molecule has 0 aliphatic carbocycles. The number of nitrogens with zero attached hydrogens (tertiary/aromatic N) is 1. The maximum absolute atomic E-state index is 10.5. The van der Waals surface area contributed by atoms with Crippen LogP contribution in [0.3, 0.4) is 0 Å². The van der Waals surface area contributed by atoms with Gasteiger partial charge in [-0.2, -0.15) is 5.48 Å². The van der Waals surface area contributed by atoms with Crippen LogP contribution in [-0.4, -0.2) is 54.5 Å². The maximum Gasteiger partial charge on any atom is 0.323 e. The normalized spacial score (nSPS) is 14.0. The van der Waals surface area contributed by atoms with Crippen molar-refractivity contribution in [1.82, 2.24) is 5.48 Å². The van der Waals surface area contributed by atoms with Gasteiger partial charge < -0.3 is 14.8 Å². The maximum atomic E-state index is 10.5. The van der Waals surface area contributed by atoms with Gasteiger partial charge in [0.2, 0.25) is 0 Å². The molecule has 14 heavy (non-hydrogen) atoms. The minimum atomic E-state index is -1.00. The number of carboxylic acids is 1. The van der Waals surface area contributed by atoms with Crippen molar-refractivity contribution < 1.29 is 19.6 Å². The van der Waals surface area contributed by atoms with E-state index in [9.17, 15) is 4.79 Å². The van der Waals surface area contributed by atoms with Gasteiger partial charge in [0, 0.05) is 0 Å². The molecule has 0 rings (SSSR count). The number of hydroxylamine groups is 1. The van der Waals surface area contributed by atoms with Crippen LogP contribution in [0.4, 0.5) is 0 Å². The summed E-state index contributed by atoms with van der Waals surface area (Å²) in [4.78, 5) is 10.5. The number of carboxylic acid groups (broad SMARTS) is 1. The summed E-state index contributed by atoms with van der Waals surface area (Å²) >= 11 is 0. The zero-order valence-corrected chi connectivity index (χ0v) is 9.16. The first-order valence-corrected chi connectivity index (χ1v) is 4.79. The molecule has 0 fully saturated rings. The zero-order valence-electron chi connectivity index (χ0n) is 9.16. The molecule has 0 radical (unpaired) electrons. The van der Waals surface area contributed by atoms with Crippen LogP contribution in [0.25, 0.3) is 0 Å². The number of aliphatic carboxylic acids is 1. The highest BCUT2D eigenvalue weighted by Crippen LogP contribution is 2.03. The first kappa shape index (κ1) is 13.4. The van der Waals surface area contributed by atoms with Gasteiger partial charge in [0.25, 0.3) is 0 Å². The first-order chi connectivity index (χ1) is 6.37. The summed E-state index contributed by atoms with van der Waals surface area (Å²) in [6.45, 7) is 1.01. The van der Waals surface area contributed by atoms with Crippen molar-refractivity contribution in [2.75, 3.05) is 27.7 Å². The molecule has 0 saturated heterocycles.